The van der Waals surface area contributed by atoms with Crippen LogP contribution in [0.3, 0.4) is 0 Å². The van der Waals surface area contributed by atoms with Crippen LogP contribution in [-0.2, 0) is 0 Å². The van der Waals surface area contributed by atoms with Gasteiger partial charge in [-0.2, -0.15) is 0 Å². The van der Waals surface area contributed by atoms with Crippen LogP contribution in [0.4, 0.5) is 0 Å². The third-order valence-electron chi connectivity index (χ3n) is 2.36. The van der Waals surface area contributed by atoms with Crippen LogP contribution in [0.5, 0.6) is 5.75 Å². The Kier molecular flexibility index (Phi) is 2.88. The number of ether oxygens (including phenoxy) is 1. The van der Waals surface area contributed by atoms with Gasteiger partial charge in [0.05, 0.1) is 0 Å². The van der Waals surface area contributed by atoms with Crippen molar-refractivity contribution in [1.29, 1.82) is 0 Å². The number of terminal acetylenes is 1. The lowest BCUT2D eigenvalue weighted by molar-refractivity contribution is 0.112. The van der Waals surface area contributed by atoms with Gasteiger partial charge in [-0.25, -0.2) is 0 Å². The summed E-state index contributed by atoms with van der Waals surface area (Å²) in [5, 5.41) is 1.79. The van der Waals surface area contributed by atoms with Gasteiger partial charge in [0.1, 0.15) is 12.4 Å². The van der Waals surface area contributed by atoms with E-state index in [1.807, 2.05) is 24.3 Å². The predicted octanol–water partition coefficient (Wildman–Crippen LogP) is 2.66. The first-order valence-electron chi connectivity index (χ1n) is 4.90. The maximum Gasteiger partial charge on any atom is 0.150 e. The second-order valence-corrected chi connectivity index (χ2v) is 3.31. The summed E-state index contributed by atoms with van der Waals surface area (Å²) in [5.41, 5.74) is 0.656. The number of benzene rings is 2. The number of hydrogen-bond donors (Lipinski definition) is 0. The third kappa shape index (κ3) is 1.76. The summed E-state index contributed by atoms with van der Waals surface area (Å²) < 4.78 is 5.42. The summed E-state index contributed by atoms with van der Waals surface area (Å²) in [6.07, 6.45) is 5.99. The van der Waals surface area contributed by atoms with Crippen LogP contribution in [0.2, 0.25) is 0 Å². The third-order valence-corrected chi connectivity index (χ3v) is 2.36. The highest BCUT2D eigenvalue weighted by atomic mass is 16.5. The van der Waals surface area contributed by atoms with Gasteiger partial charge in [0.15, 0.2) is 6.29 Å². The molecule has 2 heteroatoms. The fourth-order valence-electron chi connectivity index (χ4n) is 1.64. The molecule has 0 aliphatic rings. The Morgan fingerprint density at radius 3 is 2.62 bits per heavy atom. The Balaban J connectivity index is 2.61. The van der Waals surface area contributed by atoms with Gasteiger partial charge in [0.25, 0.3) is 0 Å². The normalized spacial score (nSPS) is 9.69. The van der Waals surface area contributed by atoms with E-state index in [-0.39, 0.29) is 6.61 Å². The topological polar surface area (TPSA) is 26.3 Å². The van der Waals surface area contributed by atoms with Crippen molar-refractivity contribution in [1.82, 2.24) is 0 Å². The highest BCUT2D eigenvalue weighted by Gasteiger charge is 2.05. The lowest BCUT2D eigenvalue weighted by Gasteiger charge is -2.08. The second-order valence-electron chi connectivity index (χ2n) is 3.31. The molecule has 78 valence electrons. The first-order valence-corrected chi connectivity index (χ1v) is 4.90. The summed E-state index contributed by atoms with van der Waals surface area (Å²) in [5.74, 6) is 3.13. The Morgan fingerprint density at radius 2 is 1.94 bits per heavy atom. The van der Waals surface area contributed by atoms with Crippen molar-refractivity contribution in [2.24, 2.45) is 0 Å². The average molecular weight is 210 g/mol. The molecule has 0 aliphatic heterocycles. The first kappa shape index (κ1) is 10.3. The monoisotopic (exact) mass is 210 g/mol. The zero-order valence-corrected chi connectivity index (χ0v) is 8.64. The maximum atomic E-state index is 10.9. The van der Waals surface area contributed by atoms with E-state index in [0.29, 0.717) is 11.3 Å². The molecule has 0 unspecified atom stereocenters. The van der Waals surface area contributed by atoms with Gasteiger partial charge in [-0.3, -0.25) is 4.79 Å². The van der Waals surface area contributed by atoms with Crippen LogP contribution < -0.4 is 4.74 Å². The summed E-state index contributed by atoms with van der Waals surface area (Å²) in [6.45, 7) is 0.227. The van der Waals surface area contributed by atoms with Crippen molar-refractivity contribution in [2.75, 3.05) is 6.61 Å². The molecule has 0 bridgehead atoms. The smallest absolute Gasteiger partial charge is 0.150 e. The van der Waals surface area contributed by atoms with Crippen LogP contribution in [-0.4, -0.2) is 12.9 Å². The quantitative estimate of drug-likeness (QED) is 0.575. The average Bonchev–Trinajstić information content (AvgIpc) is 2.36. The Morgan fingerprint density at radius 1 is 1.19 bits per heavy atom. The molecule has 16 heavy (non-hydrogen) atoms. The van der Waals surface area contributed by atoms with Gasteiger partial charge in [0, 0.05) is 10.9 Å². The van der Waals surface area contributed by atoms with E-state index >= 15 is 0 Å². The molecule has 2 aromatic rings. The fourth-order valence-corrected chi connectivity index (χ4v) is 1.64. The van der Waals surface area contributed by atoms with Crippen LogP contribution >= 0.6 is 0 Å². The zero-order valence-electron chi connectivity index (χ0n) is 8.64. The van der Waals surface area contributed by atoms with Gasteiger partial charge < -0.3 is 4.74 Å². The van der Waals surface area contributed by atoms with Gasteiger partial charge in [-0.15, -0.1) is 6.42 Å². The van der Waals surface area contributed by atoms with Gasteiger partial charge in [0.2, 0.25) is 0 Å². The number of fused-ring (bicyclic) bond motifs is 1. The highest BCUT2D eigenvalue weighted by Crippen LogP contribution is 2.27. The van der Waals surface area contributed by atoms with Crippen molar-refractivity contribution < 1.29 is 9.53 Å². The van der Waals surface area contributed by atoms with Crippen molar-refractivity contribution >= 4 is 17.1 Å². The minimum Gasteiger partial charge on any atom is -0.480 e. The van der Waals surface area contributed by atoms with E-state index in [1.54, 1.807) is 12.1 Å². The van der Waals surface area contributed by atoms with Crippen molar-refractivity contribution in [3.05, 3.63) is 42.0 Å². The molecule has 0 spiro atoms. The number of carbonyl (C=O) groups is 1. The first-order chi connectivity index (χ1) is 7.86. The van der Waals surface area contributed by atoms with E-state index in [2.05, 4.69) is 5.92 Å². The summed E-state index contributed by atoms with van der Waals surface area (Å²) >= 11 is 0. The van der Waals surface area contributed by atoms with E-state index in [1.165, 1.54) is 0 Å². The van der Waals surface area contributed by atoms with Crippen LogP contribution in [0.25, 0.3) is 10.8 Å². The molecule has 2 nitrogen and oxygen atoms in total. The number of carbonyl (C=O) groups excluding carboxylic acids is 1. The van der Waals surface area contributed by atoms with Gasteiger partial charge in [-0.1, -0.05) is 30.2 Å². The Bertz CT molecular complexity index is 564. The minimum absolute atomic E-state index is 0.227. The van der Waals surface area contributed by atoms with Gasteiger partial charge in [-0.05, 0) is 17.5 Å². The molecule has 0 heterocycles. The van der Waals surface area contributed by atoms with Crippen LogP contribution in [0, 0.1) is 12.3 Å². The molecule has 0 N–H and O–H groups in total. The Labute approximate surface area is 93.8 Å². The molecule has 0 amide bonds. The SMILES string of the molecule is C#CCOc1ccc(C=O)c2ccccc12. The second kappa shape index (κ2) is 4.50. The van der Waals surface area contributed by atoms with Crippen molar-refractivity contribution in [2.45, 2.75) is 0 Å². The van der Waals surface area contributed by atoms with E-state index in [9.17, 15) is 4.79 Å². The molecular formula is C14H10O2. The zero-order chi connectivity index (χ0) is 11.4. The lowest BCUT2D eigenvalue weighted by atomic mass is 10.0. The summed E-state index contributed by atoms with van der Waals surface area (Å²) in [6, 6.07) is 11.1. The molecule has 0 fully saturated rings. The molecule has 0 radical (unpaired) electrons. The standard InChI is InChI=1S/C14H10O2/c1-2-9-16-14-8-7-11(10-15)12-5-3-4-6-13(12)14/h1,3-8,10H,9H2. The highest BCUT2D eigenvalue weighted by molar-refractivity contribution is 6.00. The number of hydrogen-bond acceptors (Lipinski definition) is 2. The largest absolute Gasteiger partial charge is 0.480 e. The van der Waals surface area contributed by atoms with Crippen LogP contribution in [0.15, 0.2) is 36.4 Å². The number of rotatable bonds is 3. The Hall–Kier alpha value is -2.27. The molecule has 0 atom stereocenters. The molecule has 0 saturated carbocycles. The fraction of sp³-hybridized carbons (Fsp3) is 0.0714. The van der Waals surface area contributed by atoms with Gasteiger partial charge >= 0.3 is 0 Å². The molecule has 0 saturated heterocycles. The molecule has 0 aliphatic carbocycles. The summed E-state index contributed by atoms with van der Waals surface area (Å²) in [4.78, 5) is 10.9. The molecule has 2 aromatic carbocycles. The maximum absolute atomic E-state index is 10.9. The van der Waals surface area contributed by atoms with E-state index < -0.39 is 0 Å². The van der Waals surface area contributed by atoms with E-state index in [0.717, 1.165) is 17.1 Å². The predicted molar refractivity (Wildman–Crippen MR) is 63.7 cm³/mol. The lowest BCUT2D eigenvalue weighted by Crippen LogP contribution is -1.95. The number of aldehydes is 1. The van der Waals surface area contributed by atoms with Crippen LogP contribution in [0.1, 0.15) is 10.4 Å². The van der Waals surface area contributed by atoms with Crippen molar-refractivity contribution in [3.63, 3.8) is 0 Å². The van der Waals surface area contributed by atoms with E-state index in [4.69, 9.17) is 11.2 Å². The molecule has 2 rings (SSSR count). The molecule has 0 aromatic heterocycles. The molecular weight excluding hydrogens is 200 g/mol. The van der Waals surface area contributed by atoms with Crippen molar-refractivity contribution in [3.8, 4) is 18.1 Å². The minimum atomic E-state index is 0.227. The summed E-state index contributed by atoms with van der Waals surface area (Å²) in [7, 11) is 0.